The minimum atomic E-state index is -0.782. The lowest BCUT2D eigenvalue weighted by Gasteiger charge is -2.22. The van der Waals surface area contributed by atoms with E-state index in [0.717, 1.165) is 11.1 Å². The van der Waals surface area contributed by atoms with Gasteiger partial charge in [0.15, 0.2) is 0 Å². The zero-order chi connectivity index (χ0) is 20.4. The Hall–Kier alpha value is -2.84. The predicted octanol–water partition coefficient (Wildman–Crippen LogP) is 4.05. The Morgan fingerprint density at radius 1 is 1.31 bits per heavy atom. The molecule has 1 atom stereocenters. The smallest absolute Gasteiger partial charge is 0.249 e. The fourth-order valence-electron chi connectivity index (χ4n) is 2.98. The number of thioether (sulfide) groups is 1. The quantitative estimate of drug-likeness (QED) is 0.599. The van der Waals surface area contributed by atoms with E-state index >= 15 is 0 Å². The Balaban J connectivity index is 1.53. The van der Waals surface area contributed by atoms with Crippen LogP contribution in [0.25, 0.3) is 0 Å². The molecule has 29 heavy (non-hydrogen) atoms. The Morgan fingerprint density at radius 3 is 2.90 bits per heavy atom. The molecule has 0 fully saturated rings. The maximum Gasteiger partial charge on any atom is 0.249 e. The fraction of sp³-hybridized carbons (Fsp3) is 0.200. The number of rotatable bonds is 5. The number of aryl methyl sites for hydroxylation is 1. The molecule has 2 amide bonds. The van der Waals surface area contributed by atoms with Gasteiger partial charge in [0.05, 0.1) is 6.42 Å². The molecule has 3 aromatic rings. The number of fused-ring (bicyclic) bond motifs is 1. The summed E-state index contributed by atoms with van der Waals surface area (Å²) in [7, 11) is 0. The highest BCUT2D eigenvalue weighted by Gasteiger charge is 2.33. The summed E-state index contributed by atoms with van der Waals surface area (Å²) in [6, 6.07) is 14.4. The van der Waals surface area contributed by atoms with Crippen molar-refractivity contribution in [3.8, 4) is 0 Å². The molecule has 0 saturated heterocycles. The van der Waals surface area contributed by atoms with E-state index in [9.17, 15) is 9.59 Å². The number of hydrogen-bond acceptors (Lipinski definition) is 5. The molecule has 0 aliphatic carbocycles. The Labute approximate surface area is 176 Å². The molecule has 0 saturated carbocycles. The van der Waals surface area contributed by atoms with Crippen LogP contribution in [-0.4, -0.2) is 26.6 Å². The summed E-state index contributed by atoms with van der Waals surface area (Å²) in [6.45, 7) is 1.87. The highest BCUT2D eigenvalue weighted by Crippen LogP contribution is 2.29. The number of halogens is 1. The SMILES string of the molecule is Cc1ccc(Cl)cc1NC(=O)[C@H]1CC(=O)Nc2nc(SCc3ccccc3)nn21. The summed E-state index contributed by atoms with van der Waals surface area (Å²) in [5, 5.41) is 11.0. The summed E-state index contributed by atoms with van der Waals surface area (Å²) in [5.41, 5.74) is 2.62. The first-order valence-electron chi connectivity index (χ1n) is 9.00. The van der Waals surface area contributed by atoms with Gasteiger partial charge in [-0.3, -0.25) is 14.9 Å². The molecule has 2 N–H and O–H groups in total. The summed E-state index contributed by atoms with van der Waals surface area (Å²) in [5.74, 6) is 0.361. The molecule has 1 aliphatic heterocycles. The fourth-order valence-corrected chi connectivity index (χ4v) is 3.93. The van der Waals surface area contributed by atoms with Crippen LogP contribution in [0, 0.1) is 6.92 Å². The van der Waals surface area contributed by atoms with Gasteiger partial charge in [-0.2, -0.15) is 4.98 Å². The van der Waals surface area contributed by atoms with Gasteiger partial charge < -0.3 is 5.32 Å². The molecule has 9 heteroatoms. The van der Waals surface area contributed by atoms with Gasteiger partial charge in [-0.25, -0.2) is 4.68 Å². The normalized spacial score (nSPS) is 15.5. The first-order chi connectivity index (χ1) is 14.0. The van der Waals surface area contributed by atoms with Gasteiger partial charge in [0, 0.05) is 16.5 Å². The Morgan fingerprint density at radius 2 is 2.10 bits per heavy atom. The number of aromatic nitrogens is 3. The molecule has 0 spiro atoms. The molecule has 2 heterocycles. The second kappa shape index (κ2) is 8.26. The van der Waals surface area contributed by atoms with Crippen molar-refractivity contribution >= 4 is 46.8 Å². The highest BCUT2D eigenvalue weighted by molar-refractivity contribution is 7.98. The van der Waals surface area contributed by atoms with Crippen molar-refractivity contribution in [1.29, 1.82) is 0 Å². The van der Waals surface area contributed by atoms with Crippen LogP contribution < -0.4 is 10.6 Å². The van der Waals surface area contributed by atoms with E-state index in [4.69, 9.17) is 11.6 Å². The van der Waals surface area contributed by atoms with Crippen molar-refractivity contribution in [2.45, 2.75) is 30.3 Å². The third kappa shape index (κ3) is 4.44. The van der Waals surface area contributed by atoms with Crippen molar-refractivity contribution in [1.82, 2.24) is 14.8 Å². The molecule has 2 aromatic carbocycles. The zero-order valence-corrected chi connectivity index (χ0v) is 17.1. The summed E-state index contributed by atoms with van der Waals surface area (Å²) >= 11 is 7.48. The van der Waals surface area contributed by atoms with E-state index in [1.165, 1.54) is 16.4 Å². The van der Waals surface area contributed by atoms with E-state index in [1.54, 1.807) is 12.1 Å². The molecule has 148 valence electrons. The standard InChI is InChI=1S/C20H18ClN5O2S/c1-12-7-8-14(21)9-15(12)22-18(28)16-10-17(27)23-19-24-20(25-26(16)19)29-11-13-5-3-2-4-6-13/h2-9,16H,10-11H2,1H3,(H,22,28)(H,23,24,25,27)/t16-/m1/s1. The molecule has 0 bridgehead atoms. The largest absolute Gasteiger partial charge is 0.324 e. The number of benzene rings is 2. The maximum atomic E-state index is 12.9. The summed E-state index contributed by atoms with van der Waals surface area (Å²) in [4.78, 5) is 29.4. The topological polar surface area (TPSA) is 88.9 Å². The van der Waals surface area contributed by atoms with Crippen LogP contribution in [0.4, 0.5) is 11.6 Å². The van der Waals surface area contributed by atoms with Crippen molar-refractivity contribution in [2.24, 2.45) is 0 Å². The van der Waals surface area contributed by atoms with Gasteiger partial charge in [-0.15, -0.1) is 5.10 Å². The Kier molecular flexibility index (Phi) is 5.55. The average Bonchev–Trinajstić information content (AvgIpc) is 3.12. The predicted molar refractivity (Wildman–Crippen MR) is 113 cm³/mol. The average molecular weight is 428 g/mol. The van der Waals surface area contributed by atoms with E-state index in [-0.39, 0.29) is 24.2 Å². The van der Waals surface area contributed by atoms with Crippen LogP contribution >= 0.6 is 23.4 Å². The van der Waals surface area contributed by atoms with Gasteiger partial charge in [0.2, 0.25) is 22.9 Å². The maximum absolute atomic E-state index is 12.9. The van der Waals surface area contributed by atoms with E-state index < -0.39 is 6.04 Å². The third-order valence-electron chi connectivity index (χ3n) is 4.51. The number of nitrogens with one attached hydrogen (secondary N) is 2. The van der Waals surface area contributed by atoms with Crippen LogP contribution in [0.5, 0.6) is 0 Å². The molecule has 1 aromatic heterocycles. The first kappa shape index (κ1) is 19.5. The van der Waals surface area contributed by atoms with Crippen LogP contribution in [-0.2, 0) is 15.3 Å². The monoisotopic (exact) mass is 427 g/mol. The molecular formula is C20H18ClN5O2S. The third-order valence-corrected chi connectivity index (χ3v) is 5.65. The van der Waals surface area contributed by atoms with E-state index in [1.807, 2.05) is 43.3 Å². The number of anilines is 2. The molecule has 0 unspecified atom stereocenters. The van der Waals surface area contributed by atoms with Crippen LogP contribution in [0.1, 0.15) is 23.6 Å². The number of amides is 2. The molecular weight excluding hydrogens is 410 g/mol. The van der Waals surface area contributed by atoms with Crippen LogP contribution in [0.15, 0.2) is 53.7 Å². The molecule has 4 rings (SSSR count). The van der Waals surface area contributed by atoms with E-state index in [0.29, 0.717) is 21.6 Å². The number of nitrogens with zero attached hydrogens (tertiary/aromatic N) is 3. The highest BCUT2D eigenvalue weighted by atomic mass is 35.5. The summed E-state index contributed by atoms with van der Waals surface area (Å²) in [6.07, 6.45) is -0.00933. The number of hydrogen-bond donors (Lipinski definition) is 2. The van der Waals surface area contributed by atoms with Gasteiger partial charge in [0.1, 0.15) is 6.04 Å². The van der Waals surface area contributed by atoms with E-state index in [2.05, 4.69) is 20.7 Å². The minimum absolute atomic E-state index is 0.00933. The van der Waals surface area contributed by atoms with Crippen LogP contribution in [0.2, 0.25) is 5.02 Å². The molecule has 0 radical (unpaired) electrons. The van der Waals surface area contributed by atoms with Crippen molar-refractivity contribution < 1.29 is 9.59 Å². The summed E-state index contributed by atoms with van der Waals surface area (Å²) < 4.78 is 1.48. The van der Waals surface area contributed by atoms with Gasteiger partial charge in [-0.1, -0.05) is 59.8 Å². The van der Waals surface area contributed by atoms with Crippen molar-refractivity contribution in [3.63, 3.8) is 0 Å². The minimum Gasteiger partial charge on any atom is -0.324 e. The Bertz CT molecular complexity index is 1070. The number of carbonyl (C=O) groups is 2. The van der Waals surface area contributed by atoms with Crippen LogP contribution in [0.3, 0.4) is 0 Å². The lowest BCUT2D eigenvalue weighted by molar-refractivity contribution is -0.125. The van der Waals surface area contributed by atoms with Crippen molar-refractivity contribution in [3.05, 3.63) is 64.7 Å². The van der Waals surface area contributed by atoms with Gasteiger partial charge in [-0.05, 0) is 30.2 Å². The first-order valence-corrected chi connectivity index (χ1v) is 10.4. The second-order valence-corrected chi connectivity index (χ2v) is 8.03. The zero-order valence-electron chi connectivity index (χ0n) is 15.6. The van der Waals surface area contributed by atoms with Gasteiger partial charge in [0.25, 0.3) is 0 Å². The lowest BCUT2D eigenvalue weighted by atomic mass is 10.1. The van der Waals surface area contributed by atoms with Gasteiger partial charge >= 0.3 is 0 Å². The second-order valence-electron chi connectivity index (χ2n) is 6.65. The van der Waals surface area contributed by atoms with Crippen molar-refractivity contribution in [2.75, 3.05) is 10.6 Å². The molecule has 7 nitrogen and oxygen atoms in total. The molecule has 1 aliphatic rings. The number of carbonyl (C=O) groups excluding carboxylic acids is 2. The lowest BCUT2D eigenvalue weighted by Crippen LogP contribution is -2.36.